The van der Waals surface area contributed by atoms with Crippen molar-refractivity contribution >= 4 is 17.0 Å². The fraction of sp³-hybridized carbons (Fsp3) is 0.200. The Morgan fingerprint density at radius 2 is 2.30 bits per heavy atom. The van der Waals surface area contributed by atoms with Crippen LogP contribution in [0.2, 0.25) is 0 Å². The number of nitrogens with two attached hydrogens (primary N) is 1. The maximum Gasteiger partial charge on any atom is 0.128 e. The Bertz CT molecular complexity index is 723. The maximum absolute atomic E-state index is 13.5. The van der Waals surface area contributed by atoms with Crippen molar-refractivity contribution < 1.29 is 14.6 Å². The molecule has 20 heavy (non-hydrogen) atoms. The van der Waals surface area contributed by atoms with E-state index in [1.807, 2.05) is 0 Å². The molecule has 0 saturated carbocycles. The van der Waals surface area contributed by atoms with Gasteiger partial charge in [-0.2, -0.15) is 0 Å². The first-order valence-corrected chi connectivity index (χ1v) is 7.40. The zero-order valence-electron chi connectivity index (χ0n) is 10.9. The average molecular weight is 289 g/mol. The Hall–Kier alpha value is -1.85. The number of benzene rings is 1. The van der Waals surface area contributed by atoms with E-state index in [4.69, 9.17) is 4.74 Å². The number of hydrogen-bond donors (Lipinski definition) is 2. The second-order valence-electron chi connectivity index (χ2n) is 5.14. The third-order valence-electron chi connectivity index (χ3n) is 3.58. The van der Waals surface area contributed by atoms with Gasteiger partial charge in [-0.3, -0.25) is 0 Å². The quantitative estimate of drug-likeness (QED) is 0.790. The molecule has 0 amide bonds. The molecule has 102 valence electrons. The van der Waals surface area contributed by atoms with Gasteiger partial charge in [0.2, 0.25) is 0 Å². The van der Waals surface area contributed by atoms with Crippen molar-refractivity contribution in [3.05, 3.63) is 46.6 Å². The highest BCUT2D eigenvalue weighted by atomic mass is 32.1. The molecule has 3 heterocycles. The van der Waals surface area contributed by atoms with Crippen LogP contribution in [0.5, 0.6) is 5.75 Å². The fourth-order valence-corrected chi connectivity index (χ4v) is 3.77. The Kier molecular flexibility index (Phi) is 2.58. The van der Waals surface area contributed by atoms with E-state index in [0.717, 1.165) is 27.5 Å². The zero-order valence-corrected chi connectivity index (χ0v) is 11.8. The summed E-state index contributed by atoms with van der Waals surface area (Å²) in [5.41, 5.74) is 8.49. The summed E-state index contributed by atoms with van der Waals surface area (Å²) in [7, 11) is 0. The molecule has 4 rings (SSSR count). The summed E-state index contributed by atoms with van der Waals surface area (Å²) in [6.07, 6.45) is 2.20. The lowest BCUT2D eigenvalue weighted by atomic mass is 10.1. The van der Waals surface area contributed by atoms with Gasteiger partial charge in [-0.25, -0.2) is 15.2 Å². The van der Waals surface area contributed by atoms with E-state index in [9.17, 15) is 4.39 Å². The Balaban J connectivity index is 1.82. The third kappa shape index (κ3) is 1.82. The Morgan fingerprint density at radius 1 is 1.40 bits per heavy atom. The number of thiophene rings is 1. The molecule has 0 aliphatic carbocycles. The molecule has 0 saturated heterocycles. The van der Waals surface area contributed by atoms with Gasteiger partial charge in [-0.15, -0.1) is 11.3 Å². The molecule has 2 aliphatic rings. The van der Waals surface area contributed by atoms with E-state index in [1.54, 1.807) is 23.5 Å². The highest BCUT2D eigenvalue weighted by Gasteiger charge is 2.24. The number of hydrogen-bond acceptors (Lipinski definition) is 3. The molecule has 2 aromatic rings. The van der Waals surface area contributed by atoms with Crippen molar-refractivity contribution in [2.75, 3.05) is 0 Å². The van der Waals surface area contributed by atoms with Gasteiger partial charge in [0.1, 0.15) is 29.9 Å². The van der Waals surface area contributed by atoms with Gasteiger partial charge >= 0.3 is 0 Å². The molecule has 0 fully saturated rings. The van der Waals surface area contributed by atoms with Gasteiger partial charge in [0.25, 0.3) is 0 Å². The smallest absolute Gasteiger partial charge is 0.128 e. The lowest BCUT2D eigenvalue weighted by Crippen LogP contribution is -2.93. The first-order chi connectivity index (χ1) is 9.70. The minimum Gasteiger partial charge on any atom is -0.488 e. The lowest BCUT2D eigenvalue weighted by molar-refractivity contribution is -0.711. The maximum atomic E-state index is 13.5. The monoisotopic (exact) mass is 289 g/mol. The molecule has 1 aromatic heterocycles. The fourth-order valence-electron chi connectivity index (χ4n) is 2.59. The van der Waals surface area contributed by atoms with Gasteiger partial charge in [0.05, 0.1) is 4.88 Å². The predicted octanol–water partition coefficient (Wildman–Crippen LogP) is 2.26. The van der Waals surface area contributed by atoms with E-state index in [-0.39, 0.29) is 5.82 Å². The van der Waals surface area contributed by atoms with Crippen LogP contribution in [0.25, 0.3) is 16.1 Å². The van der Waals surface area contributed by atoms with Crippen LogP contribution in [0, 0.1) is 5.82 Å². The van der Waals surface area contributed by atoms with E-state index in [1.165, 1.54) is 10.9 Å². The standard InChI is InChI=1S/C15H13FN2OS/c1-8-4-12(18-17-8)14-5-9-7-19-13-3-2-10(16)6-11(13)15(9)20-14/h2-6,8,17-18H,7H2,1H3/p+1. The number of nitrogens with one attached hydrogen (secondary N) is 1. The topological polar surface area (TPSA) is 37.9 Å². The summed E-state index contributed by atoms with van der Waals surface area (Å²) >= 11 is 1.69. The highest BCUT2D eigenvalue weighted by molar-refractivity contribution is 7.16. The first kappa shape index (κ1) is 11.9. The summed E-state index contributed by atoms with van der Waals surface area (Å²) in [6, 6.07) is 7.27. The van der Waals surface area contributed by atoms with Gasteiger partial charge in [-0.05, 0) is 31.2 Å². The van der Waals surface area contributed by atoms with Crippen LogP contribution in [0.4, 0.5) is 4.39 Å². The molecule has 2 aliphatic heterocycles. The molecular formula is C15H14FN2OS+. The van der Waals surface area contributed by atoms with Crippen LogP contribution in [-0.4, -0.2) is 6.04 Å². The molecule has 1 unspecified atom stereocenters. The van der Waals surface area contributed by atoms with E-state index in [2.05, 4.69) is 29.9 Å². The summed E-state index contributed by atoms with van der Waals surface area (Å²) in [4.78, 5) is 2.29. The SMILES string of the molecule is CC1C=C(c2cc3c(s2)-c2cc(F)ccc2OC3)N[NH2+]1. The minimum absolute atomic E-state index is 0.227. The summed E-state index contributed by atoms with van der Waals surface area (Å²) in [5, 5.41) is 0. The van der Waals surface area contributed by atoms with Crippen LogP contribution in [-0.2, 0) is 6.61 Å². The zero-order chi connectivity index (χ0) is 13.7. The lowest BCUT2D eigenvalue weighted by Gasteiger charge is -2.17. The van der Waals surface area contributed by atoms with Crippen LogP contribution < -0.4 is 15.6 Å². The van der Waals surface area contributed by atoms with Crippen molar-refractivity contribution in [2.45, 2.75) is 19.6 Å². The second-order valence-corrected chi connectivity index (χ2v) is 6.20. The van der Waals surface area contributed by atoms with Crippen LogP contribution in [0.1, 0.15) is 17.4 Å². The van der Waals surface area contributed by atoms with E-state index in [0.29, 0.717) is 12.6 Å². The van der Waals surface area contributed by atoms with Crippen molar-refractivity contribution in [1.82, 2.24) is 5.43 Å². The molecule has 3 nitrogen and oxygen atoms in total. The number of fused-ring (bicyclic) bond motifs is 3. The van der Waals surface area contributed by atoms with Crippen molar-refractivity contribution in [3.8, 4) is 16.2 Å². The number of rotatable bonds is 1. The summed E-state index contributed by atoms with van der Waals surface area (Å²) < 4.78 is 19.2. The molecule has 0 spiro atoms. The molecule has 5 heteroatoms. The van der Waals surface area contributed by atoms with Gasteiger partial charge in [0.15, 0.2) is 0 Å². The molecule has 0 bridgehead atoms. The van der Waals surface area contributed by atoms with Crippen LogP contribution in [0.15, 0.2) is 30.3 Å². The molecule has 1 atom stereocenters. The number of quaternary nitrogens is 1. The molecule has 0 radical (unpaired) electrons. The Labute approximate surface area is 120 Å². The number of halogens is 1. The predicted molar refractivity (Wildman–Crippen MR) is 76.5 cm³/mol. The van der Waals surface area contributed by atoms with Crippen LogP contribution in [0.3, 0.4) is 0 Å². The van der Waals surface area contributed by atoms with Gasteiger partial charge in [0, 0.05) is 22.1 Å². The average Bonchev–Trinajstić information content (AvgIpc) is 3.04. The molecule has 1 aromatic carbocycles. The highest BCUT2D eigenvalue weighted by Crippen LogP contribution is 2.43. The number of ether oxygens (including phenoxy) is 1. The van der Waals surface area contributed by atoms with Crippen molar-refractivity contribution in [3.63, 3.8) is 0 Å². The largest absolute Gasteiger partial charge is 0.488 e. The van der Waals surface area contributed by atoms with E-state index < -0.39 is 0 Å². The molecule has 3 N–H and O–H groups in total. The van der Waals surface area contributed by atoms with Gasteiger partial charge in [-0.1, -0.05) is 0 Å². The van der Waals surface area contributed by atoms with Crippen LogP contribution >= 0.6 is 11.3 Å². The summed E-state index contributed by atoms with van der Waals surface area (Å²) in [5.74, 6) is 0.538. The first-order valence-electron chi connectivity index (χ1n) is 6.58. The summed E-state index contributed by atoms with van der Waals surface area (Å²) in [6.45, 7) is 2.69. The molecular weight excluding hydrogens is 275 g/mol. The van der Waals surface area contributed by atoms with Crippen molar-refractivity contribution in [2.24, 2.45) is 0 Å². The van der Waals surface area contributed by atoms with E-state index >= 15 is 0 Å². The van der Waals surface area contributed by atoms with Gasteiger partial charge < -0.3 is 4.74 Å². The normalized spacial score (nSPS) is 19.7. The van der Waals surface area contributed by atoms with Crippen molar-refractivity contribution in [1.29, 1.82) is 0 Å². The Morgan fingerprint density at radius 3 is 3.10 bits per heavy atom. The third-order valence-corrected chi connectivity index (χ3v) is 4.82. The second kappa shape index (κ2) is 4.33. The minimum atomic E-state index is -0.227.